The molecule has 18 heavy (non-hydrogen) atoms. The van der Waals surface area contributed by atoms with Crippen LogP contribution in [-0.4, -0.2) is 9.78 Å². The minimum Gasteiger partial charge on any atom is -0.320 e. The first-order valence-electron chi connectivity index (χ1n) is 6.15. The fourth-order valence-electron chi connectivity index (χ4n) is 1.97. The molecule has 2 N–H and O–H groups in total. The maximum atomic E-state index is 13.8. The summed E-state index contributed by atoms with van der Waals surface area (Å²) in [4.78, 5) is 0. The Morgan fingerprint density at radius 3 is 2.94 bits per heavy atom. The Labute approximate surface area is 106 Å². The molecule has 0 aliphatic heterocycles. The van der Waals surface area contributed by atoms with Gasteiger partial charge in [0.1, 0.15) is 5.82 Å². The smallest absolute Gasteiger partial charge is 0.128 e. The van der Waals surface area contributed by atoms with Crippen molar-refractivity contribution in [3.05, 3.63) is 53.1 Å². The third-order valence-corrected chi connectivity index (χ3v) is 2.95. The van der Waals surface area contributed by atoms with Crippen LogP contribution in [0.4, 0.5) is 4.39 Å². The Morgan fingerprint density at radius 1 is 1.44 bits per heavy atom. The van der Waals surface area contributed by atoms with Gasteiger partial charge in [-0.05, 0) is 19.4 Å². The van der Waals surface area contributed by atoms with Crippen LogP contribution in [0.25, 0.3) is 0 Å². The van der Waals surface area contributed by atoms with Gasteiger partial charge in [-0.15, -0.1) is 0 Å². The molecular weight excluding hydrogens is 229 g/mol. The van der Waals surface area contributed by atoms with Crippen LogP contribution in [0.5, 0.6) is 0 Å². The number of rotatable bonds is 4. The molecule has 0 aliphatic carbocycles. The number of hydrogen-bond donors (Lipinski definition) is 1. The van der Waals surface area contributed by atoms with Gasteiger partial charge in [0.15, 0.2) is 0 Å². The van der Waals surface area contributed by atoms with Crippen molar-refractivity contribution < 1.29 is 4.39 Å². The Balaban J connectivity index is 2.29. The number of aromatic nitrogens is 2. The lowest BCUT2D eigenvalue weighted by atomic mass is 10.0. The molecular formula is C14H18FN3. The van der Waals surface area contributed by atoms with Gasteiger partial charge in [0, 0.05) is 23.9 Å². The van der Waals surface area contributed by atoms with Crippen molar-refractivity contribution in [3.63, 3.8) is 0 Å². The number of nitrogens with two attached hydrogens (primary N) is 1. The Bertz CT molecular complexity index is 534. The monoisotopic (exact) mass is 247 g/mol. The predicted molar refractivity (Wildman–Crippen MR) is 69.7 cm³/mol. The van der Waals surface area contributed by atoms with Crippen molar-refractivity contribution >= 4 is 0 Å². The topological polar surface area (TPSA) is 43.8 Å². The molecule has 1 aromatic heterocycles. The highest BCUT2D eigenvalue weighted by Crippen LogP contribution is 2.22. The summed E-state index contributed by atoms with van der Waals surface area (Å²) in [6.07, 6.45) is 4.60. The van der Waals surface area contributed by atoms with Crippen LogP contribution in [0.3, 0.4) is 0 Å². The highest BCUT2D eigenvalue weighted by atomic mass is 19.1. The summed E-state index contributed by atoms with van der Waals surface area (Å²) in [7, 11) is 0. The highest BCUT2D eigenvalue weighted by Gasteiger charge is 2.15. The maximum Gasteiger partial charge on any atom is 0.128 e. The van der Waals surface area contributed by atoms with Crippen molar-refractivity contribution in [1.29, 1.82) is 0 Å². The van der Waals surface area contributed by atoms with Crippen molar-refractivity contribution in [3.8, 4) is 0 Å². The highest BCUT2D eigenvalue weighted by molar-refractivity contribution is 5.32. The largest absolute Gasteiger partial charge is 0.320 e. The van der Waals surface area contributed by atoms with Gasteiger partial charge in [-0.1, -0.05) is 24.6 Å². The molecule has 2 rings (SSSR count). The minimum atomic E-state index is -0.462. The lowest BCUT2D eigenvalue weighted by Gasteiger charge is -2.11. The summed E-state index contributed by atoms with van der Waals surface area (Å²) in [6, 6.07) is 4.53. The number of benzene rings is 1. The minimum absolute atomic E-state index is 0.267. The number of hydrogen-bond acceptors (Lipinski definition) is 2. The molecule has 0 saturated heterocycles. The summed E-state index contributed by atoms with van der Waals surface area (Å²) in [6.45, 7) is 4.86. The predicted octanol–water partition coefficient (Wildman–Crippen LogP) is 2.79. The van der Waals surface area contributed by atoms with E-state index in [1.807, 2.05) is 17.8 Å². The average molecular weight is 247 g/mol. The van der Waals surface area contributed by atoms with E-state index in [0.29, 0.717) is 5.56 Å². The van der Waals surface area contributed by atoms with E-state index in [1.54, 1.807) is 18.3 Å². The van der Waals surface area contributed by atoms with E-state index in [2.05, 4.69) is 12.0 Å². The van der Waals surface area contributed by atoms with Crippen molar-refractivity contribution in [2.45, 2.75) is 32.9 Å². The average Bonchev–Trinajstić information content (AvgIpc) is 2.80. The lowest BCUT2D eigenvalue weighted by Crippen LogP contribution is -2.13. The second-order valence-electron chi connectivity index (χ2n) is 4.54. The Morgan fingerprint density at radius 2 is 2.22 bits per heavy atom. The zero-order chi connectivity index (χ0) is 13.1. The molecule has 0 fully saturated rings. The third kappa shape index (κ3) is 2.59. The summed E-state index contributed by atoms with van der Waals surface area (Å²) in [5, 5.41) is 4.22. The molecule has 1 atom stereocenters. The standard InChI is InChI=1S/C14H18FN3/c1-3-6-18-9-11(8-17-18)14(16)12-7-10(2)4-5-13(12)15/h4-5,7-9,14H,3,6,16H2,1-2H3. The van der Waals surface area contributed by atoms with Gasteiger partial charge in [-0.3, -0.25) is 4.68 Å². The molecule has 0 aliphatic rings. The normalized spacial score (nSPS) is 12.7. The van der Waals surface area contributed by atoms with E-state index in [0.717, 1.165) is 24.1 Å². The van der Waals surface area contributed by atoms with Crippen LogP contribution in [-0.2, 0) is 6.54 Å². The first kappa shape index (κ1) is 12.8. The quantitative estimate of drug-likeness (QED) is 0.902. The van der Waals surface area contributed by atoms with Crippen LogP contribution in [0.15, 0.2) is 30.6 Å². The van der Waals surface area contributed by atoms with Crippen LogP contribution in [0, 0.1) is 12.7 Å². The van der Waals surface area contributed by atoms with Gasteiger partial charge in [0.2, 0.25) is 0 Å². The van der Waals surface area contributed by atoms with Gasteiger partial charge < -0.3 is 5.73 Å². The third-order valence-electron chi connectivity index (χ3n) is 2.95. The number of nitrogens with zero attached hydrogens (tertiary/aromatic N) is 2. The van der Waals surface area contributed by atoms with Crippen molar-refractivity contribution in [2.24, 2.45) is 5.73 Å². The molecule has 3 nitrogen and oxygen atoms in total. The molecule has 96 valence electrons. The first-order valence-corrected chi connectivity index (χ1v) is 6.15. The molecule has 0 spiro atoms. The van der Waals surface area contributed by atoms with Gasteiger partial charge in [0.05, 0.1) is 12.2 Å². The fourth-order valence-corrected chi connectivity index (χ4v) is 1.97. The second kappa shape index (κ2) is 5.31. The van der Waals surface area contributed by atoms with E-state index in [9.17, 15) is 4.39 Å². The second-order valence-corrected chi connectivity index (χ2v) is 4.54. The molecule has 2 aromatic rings. The SMILES string of the molecule is CCCn1cc(C(N)c2cc(C)ccc2F)cn1. The molecule has 0 saturated carbocycles. The lowest BCUT2D eigenvalue weighted by molar-refractivity contribution is 0.595. The van der Waals surface area contributed by atoms with Crippen molar-refractivity contribution in [1.82, 2.24) is 9.78 Å². The zero-order valence-corrected chi connectivity index (χ0v) is 10.7. The Kier molecular flexibility index (Phi) is 3.77. The molecule has 0 bridgehead atoms. The van der Waals surface area contributed by atoms with Crippen LogP contribution in [0.1, 0.15) is 36.1 Å². The summed E-state index contributed by atoms with van der Waals surface area (Å²) >= 11 is 0. The van der Waals surface area contributed by atoms with Crippen LogP contribution in [0.2, 0.25) is 0 Å². The molecule has 1 unspecified atom stereocenters. The summed E-state index contributed by atoms with van der Waals surface area (Å²) in [5.74, 6) is -0.267. The zero-order valence-electron chi connectivity index (χ0n) is 10.7. The summed E-state index contributed by atoms with van der Waals surface area (Å²) in [5.41, 5.74) is 8.46. The van der Waals surface area contributed by atoms with Crippen LogP contribution >= 0.6 is 0 Å². The molecule has 0 amide bonds. The first-order chi connectivity index (χ1) is 8.61. The molecule has 1 aromatic carbocycles. The Hall–Kier alpha value is -1.68. The van der Waals surface area contributed by atoms with Crippen LogP contribution < -0.4 is 5.73 Å². The number of halogens is 1. The summed E-state index contributed by atoms with van der Waals surface area (Å²) < 4.78 is 15.6. The van der Waals surface area contributed by atoms with E-state index in [1.165, 1.54) is 6.07 Å². The van der Waals surface area contributed by atoms with E-state index in [-0.39, 0.29) is 5.82 Å². The molecule has 1 heterocycles. The maximum absolute atomic E-state index is 13.8. The van der Waals surface area contributed by atoms with E-state index < -0.39 is 6.04 Å². The molecule has 4 heteroatoms. The van der Waals surface area contributed by atoms with Crippen molar-refractivity contribution in [2.75, 3.05) is 0 Å². The van der Waals surface area contributed by atoms with E-state index >= 15 is 0 Å². The molecule has 0 radical (unpaired) electrons. The van der Waals surface area contributed by atoms with Gasteiger partial charge in [-0.25, -0.2) is 4.39 Å². The van der Waals surface area contributed by atoms with Gasteiger partial charge in [0.25, 0.3) is 0 Å². The van der Waals surface area contributed by atoms with Gasteiger partial charge >= 0.3 is 0 Å². The number of aryl methyl sites for hydroxylation is 2. The van der Waals surface area contributed by atoms with E-state index in [4.69, 9.17) is 5.73 Å². The van der Waals surface area contributed by atoms with Gasteiger partial charge in [-0.2, -0.15) is 5.10 Å². The fraction of sp³-hybridized carbons (Fsp3) is 0.357.